The molecular weight excluding hydrogens is 231 g/mol. The molecule has 0 saturated heterocycles. The number of aliphatic carboxylic acids is 1. The van der Waals surface area contributed by atoms with Gasteiger partial charge in [-0.25, -0.2) is 0 Å². The third kappa shape index (κ3) is 3.09. The number of rotatable bonds is 4. The van der Waals surface area contributed by atoms with Gasteiger partial charge in [0, 0.05) is 13.5 Å². The molecule has 0 radical (unpaired) electrons. The summed E-state index contributed by atoms with van der Waals surface area (Å²) in [6.07, 6.45) is -9.04. The zero-order valence-electron chi connectivity index (χ0n) is 8.63. The van der Waals surface area contributed by atoms with Crippen molar-refractivity contribution in [2.45, 2.75) is 25.6 Å². The lowest BCUT2D eigenvalue weighted by molar-refractivity contribution is -0.213. The van der Waals surface area contributed by atoms with Gasteiger partial charge in [-0.3, -0.25) is 9.59 Å². The van der Waals surface area contributed by atoms with Gasteiger partial charge in [0.25, 0.3) is 0 Å². The number of carboxylic acids is 1. The molecule has 0 spiro atoms. The minimum absolute atomic E-state index is 0.823. The summed E-state index contributed by atoms with van der Waals surface area (Å²) in [7, 11) is 1.10. The topological polar surface area (TPSA) is 86.6 Å². The lowest BCUT2D eigenvalue weighted by Gasteiger charge is -2.26. The summed E-state index contributed by atoms with van der Waals surface area (Å²) in [6, 6.07) is 0. The number of hydrogen-bond acceptors (Lipinski definition) is 3. The Morgan fingerprint density at radius 3 is 2.06 bits per heavy atom. The summed E-state index contributed by atoms with van der Waals surface area (Å²) in [5.41, 5.74) is -2.32. The van der Waals surface area contributed by atoms with E-state index in [-0.39, 0.29) is 0 Å². The third-order valence-corrected chi connectivity index (χ3v) is 2.18. The van der Waals surface area contributed by atoms with Gasteiger partial charge >= 0.3 is 12.1 Å². The van der Waals surface area contributed by atoms with Crippen molar-refractivity contribution in [3.05, 3.63) is 0 Å². The zero-order chi connectivity index (χ0) is 13.1. The van der Waals surface area contributed by atoms with Crippen LogP contribution in [0.25, 0.3) is 0 Å². The molecular formula is C8H12F3NO4. The molecule has 0 bridgehead atoms. The van der Waals surface area contributed by atoms with Gasteiger partial charge in [0.05, 0.1) is 0 Å². The van der Waals surface area contributed by atoms with Crippen LogP contribution in [0.3, 0.4) is 0 Å². The van der Waals surface area contributed by atoms with E-state index in [1.54, 1.807) is 0 Å². The summed E-state index contributed by atoms with van der Waals surface area (Å²) in [6.45, 7) is 0.823. The number of carboxylic acid groups (broad SMARTS) is 1. The molecule has 2 unspecified atom stereocenters. The lowest BCUT2D eigenvalue weighted by Crippen LogP contribution is -2.47. The van der Waals surface area contributed by atoms with Crippen LogP contribution in [0.2, 0.25) is 0 Å². The molecule has 0 aromatic carbocycles. The average Bonchev–Trinajstić information content (AvgIpc) is 2.14. The fourth-order valence-electron chi connectivity index (χ4n) is 1.06. The Bertz CT molecular complexity index is 291. The van der Waals surface area contributed by atoms with Gasteiger partial charge in [-0.15, -0.1) is 0 Å². The van der Waals surface area contributed by atoms with Crippen molar-refractivity contribution in [1.29, 1.82) is 0 Å². The molecule has 8 heteroatoms. The van der Waals surface area contributed by atoms with Crippen LogP contribution < -0.4 is 5.32 Å². The fourth-order valence-corrected chi connectivity index (χ4v) is 1.06. The number of carbonyl (C=O) groups is 2. The molecule has 16 heavy (non-hydrogen) atoms. The van der Waals surface area contributed by atoms with Crippen LogP contribution in [0.1, 0.15) is 13.3 Å². The SMILES string of the molecule is CNC(=O)C(C)(CC(O)C(F)(F)F)C(=O)O. The van der Waals surface area contributed by atoms with Gasteiger partial charge in [0.15, 0.2) is 6.10 Å². The highest BCUT2D eigenvalue weighted by Crippen LogP contribution is 2.31. The fraction of sp³-hybridized carbons (Fsp3) is 0.750. The first kappa shape index (κ1) is 14.7. The summed E-state index contributed by atoms with van der Waals surface area (Å²) in [5.74, 6) is -2.82. The molecule has 0 aromatic rings. The van der Waals surface area contributed by atoms with Crippen molar-refractivity contribution in [2.75, 3.05) is 7.05 Å². The minimum atomic E-state index is -4.95. The van der Waals surface area contributed by atoms with Crippen molar-refractivity contribution in [3.8, 4) is 0 Å². The van der Waals surface area contributed by atoms with E-state index in [0.717, 1.165) is 14.0 Å². The number of aliphatic hydroxyl groups is 1. The van der Waals surface area contributed by atoms with Crippen LogP contribution in [0, 0.1) is 5.41 Å². The molecule has 1 amide bonds. The molecule has 0 fully saturated rings. The first-order chi connectivity index (χ1) is 7.05. The predicted octanol–water partition coefficient (Wildman–Crippen LogP) is 0.137. The molecule has 94 valence electrons. The molecule has 3 N–H and O–H groups in total. The Morgan fingerprint density at radius 2 is 1.81 bits per heavy atom. The molecule has 2 atom stereocenters. The molecule has 5 nitrogen and oxygen atoms in total. The highest BCUT2D eigenvalue weighted by atomic mass is 19.4. The summed E-state index contributed by atoms with van der Waals surface area (Å²) in [5, 5.41) is 19.4. The highest BCUT2D eigenvalue weighted by Gasteiger charge is 2.49. The first-order valence-electron chi connectivity index (χ1n) is 4.26. The Hall–Kier alpha value is -1.31. The van der Waals surface area contributed by atoms with Crippen LogP contribution >= 0.6 is 0 Å². The number of halogens is 3. The van der Waals surface area contributed by atoms with Gasteiger partial charge in [-0.05, 0) is 6.92 Å². The van der Waals surface area contributed by atoms with Crippen LogP contribution in [0.5, 0.6) is 0 Å². The summed E-state index contributed by atoms with van der Waals surface area (Å²) in [4.78, 5) is 21.9. The Morgan fingerprint density at radius 1 is 1.38 bits per heavy atom. The Kier molecular flexibility index (Phi) is 4.30. The van der Waals surface area contributed by atoms with Crippen LogP contribution in [0.15, 0.2) is 0 Å². The monoisotopic (exact) mass is 243 g/mol. The second-order valence-corrected chi connectivity index (χ2v) is 3.48. The summed E-state index contributed by atoms with van der Waals surface area (Å²) < 4.78 is 36.1. The highest BCUT2D eigenvalue weighted by molar-refractivity contribution is 6.01. The molecule has 0 aromatic heterocycles. The van der Waals surface area contributed by atoms with Crippen molar-refractivity contribution < 1.29 is 33.0 Å². The second kappa shape index (κ2) is 4.69. The van der Waals surface area contributed by atoms with Gasteiger partial charge in [0.1, 0.15) is 5.41 Å². The Labute approximate surface area is 89.3 Å². The van der Waals surface area contributed by atoms with E-state index in [1.807, 2.05) is 5.32 Å². The number of alkyl halides is 3. The van der Waals surface area contributed by atoms with Crippen molar-refractivity contribution >= 4 is 11.9 Å². The number of carbonyl (C=O) groups excluding carboxylic acids is 1. The summed E-state index contributed by atoms with van der Waals surface area (Å²) >= 11 is 0. The van der Waals surface area contributed by atoms with E-state index in [4.69, 9.17) is 10.2 Å². The van der Waals surface area contributed by atoms with E-state index in [0.29, 0.717) is 0 Å². The van der Waals surface area contributed by atoms with Crippen LogP contribution in [-0.2, 0) is 9.59 Å². The van der Waals surface area contributed by atoms with E-state index in [2.05, 4.69) is 0 Å². The van der Waals surface area contributed by atoms with Crippen molar-refractivity contribution in [1.82, 2.24) is 5.32 Å². The van der Waals surface area contributed by atoms with E-state index >= 15 is 0 Å². The number of aliphatic hydroxyl groups excluding tert-OH is 1. The van der Waals surface area contributed by atoms with Crippen LogP contribution in [0.4, 0.5) is 13.2 Å². The molecule has 0 aliphatic carbocycles. The maximum atomic E-state index is 12.0. The molecule has 0 heterocycles. The normalized spacial score (nSPS) is 17.4. The first-order valence-corrected chi connectivity index (χ1v) is 4.26. The average molecular weight is 243 g/mol. The van der Waals surface area contributed by atoms with E-state index < -0.39 is 36.0 Å². The van der Waals surface area contributed by atoms with Crippen molar-refractivity contribution in [3.63, 3.8) is 0 Å². The maximum absolute atomic E-state index is 12.0. The molecule has 0 rings (SSSR count). The smallest absolute Gasteiger partial charge is 0.414 e. The molecule has 0 aliphatic heterocycles. The van der Waals surface area contributed by atoms with Gasteiger partial charge in [-0.2, -0.15) is 13.2 Å². The van der Waals surface area contributed by atoms with Gasteiger partial charge in [-0.1, -0.05) is 0 Å². The van der Waals surface area contributed by atoms with Crippen LogP contribution in [-0.4, -0.2) is 41.4 Å². The number of amides is 1. The molecule has 0 saturated carbocycles. The zero-order valence-corrected chi connectivity index (χ0v) is 8.63. The quantitative estimate of drug-likeness (QED) is 0.613. The molecule has 0 aliphatic rings. The number of nitrogens with one attached hydrogen (secondary N) is 1. The van der Waals surface area contributed by atoms with Gasteiger partial charge < -0.3 is 15.5 Å². The largest absolute Gasteiger partial charge is 0.480 e. The number of hydrogen-bond donors (Lipinski definition) is 3. The third-order valence-electron chi connectivity index (χ3n) is 2.18. The maximum Gasteiger partial charge on any atom is 0.414 e. The van der Waals surface area contributed by atoms with Gasteiger partial charge in [0.2, 0.25) is 5.91 Å². The van der Waals surface area contributed by atoms with Crippen molar-refractivity contribution in [2.24, 2.45) is 5.41 Å². The lowest BCUT2D eigenvalue weighted by atomic mass is 9.83. The van der Waals surface area contributed by atoms with E-state index in [9.17, 15) is 22.8 Å². The Balaban J connectivity index is 4.98. The predicted molar refractivity (Wildman–Crippen MR) is 46.5 cm³/mol. The van der Waals surface area contributed by atoms with E-state index in [1.165, 1.54) is 0 Å². The minimum Gasteiger partial charge on any atom is -0.480 e. The standard InChI is InChI=1S/C8H12F3NO4/c1-7(6(15)16,5(14)12-2)3-4(13)8(9,10)11/h4,13H,3H2,1-2H3,(H,12,14)(H,15,16). The second-order valence-electron chi connectivity index (χ2n) is 3.48.